The number of carbonyl (C=O) groups excluding carboxylic acids is 2. The van der Waals surface area contributed by atoms with Gasteiger partial charge in [0.15, 0.2) is 6.10 Å². The Morgan fingerprint density at radius 2 is 2.22 bits per heavy atom. The van der Waals surface area contributed by atoms with Crippen LogP contribution in [0.15, 0.2) is 29.4 Å². The SMILES string of the molecule is NN=Cc1cccc(CN2CC[C@H](OC(=O)C(F)(F)F)C2=O)c1. The maximum absolute atomic E-state index is 12.2. The summed E-state index contributed by atoms with van der Waals surface area (Å²) < 4.78 is 40.7. The van der Waals surface area contributed by atoms with Crippen molar-refractivity contribution in [1.82, 2.24) is 4.90 Å². The predicted molar refractivity (Wildman–Crippen MR) is 74.2 cm³/mol. The van der Waals surface area contributed by atoms with Crippen molar-refractivity contribution < 1.29 is 27.5 Å². The summed E-state index contributed by atoms with van der Waals surface area (Å²) in [6, 6.07) is 7.02. The highest BCUT2D eigenvalue weighted by atomic mass is 19.4. The lowest BCUT2D eigenvalue weighted by Gasteiger charge is -2.17. The quantitative estimate of drug-likeness (QED) is 0.389. The molecular formula is C14H14F3N3O3. The van der Waals surface area contributed by atoms with Gasteiger partial charge in [0, 0.05) is 19.5 Å². The Hall–Kier alpha value is -2.58. The number of likely N-dealkylation sites (tertiary alicyclic amines) is 1. The Bertz CT molecular complexity index is 631. The third-order valence-corrected chi connectivity index (χ3v) is 3.28. The lowest BCUT2D eigenvalue weighted by molar-refractivity contribution is -0.204. The summed E-state index contributed by atoms with van der Waals surface area (Å²) in [4.78, 5) is 24.2. The topological polar surface area (TPSA) is 85.0 Å². The monoisotopic (exact) mass is 329 g/mol. The van der Waals surface area contributed by atoms with Crippen LogP contribution in [0, 0.1) is 0 Å². The van der Waals surface area contributed by atoms with Gasteiger partial charge in [-0.25, -0.2) is 4.79 Å². The summed E-state index contributed by atoms with van der Waals surface area (Å²) in [6.07, 6.45) is -5.03. The zero-order chi connectivity index (χ0) is 17.0. The van der Waals surface area contributed by atoms with Crippen LogP contribution in [0.25, 0.3) is 0 Å². The van der Waals surface area contributed by atoms with Gasteiger partial charge in [-0.05, 0) is 17.2 Å². The number of hydrogen-bond donors (Lipinski definition) is 1. The van der Waals surface area contributed by atoms with E-state index in [1.807, 2.05) is 0 Å². The summed E-state index contributed by atoms with van der Waals surface area (Å²) in [5.41, 5.74) is 1.50. The number of nitrogens with zero attached hydrogens (tertiary/aromatic N) is 2. The molecule has 0 unspecified atom stereocenters. The molecule has 0 radical (unpaired) electrons. The van der Waals surface area contributed by atoms with Crippen molar-refractivity contribution in [3.05, 3.63) is 35.4 Å². The average molecular weight is 329 g/mol. The Balaban J connectivity index is 1.99. The lowest BCUT2D eigenvalue weighted by atomic mass is 10.1. The molecule has 124 valence electrons. The molecule has 2 rings (SSSR count). The molecule has 0 aromatic heterocycles. The number of hydrazone groups is 1. The molecule has 0 bridgehead atoms. The number of nitrogens with two attached hydrogens (primary N) is 1. The van der Waals surface area contributed by atoms with Gasteiger partial charge in [0.2, 0.25) is 0 Å². The Morgan fingerprint density at radius 3 is 2.87 bits per heavy atom. The van der Waals surface area contributed by atoms with E-state index in [-0.39, 0.29) is 19.5 Å². The third-order valence-electron chi connectivity index (χ3n) is 3.28. The molecule has 6 nitrogen and oxygen atoms in total. The fourth-order valence-electron chi connectivity index (χ4n) is 2.25. The minimum absolute atomic E-state index is 0.0323. The van der Waals surface area contributed by atoms with Crippen LogP contribution in [0.3, 0.4) is 0 Å². The maximum atomic E-state index is 12.2. The standard InChI is InChI=1S/C14H14F3N3O3/c15-14(16,17)13(22)23-11-4-5-20(12(11)21)8-10-3-1-2-9(6-10)7-19-18/h1-3,6-7,11H,4-5,8,18H2/t11-/m0/s1. The summed E-state index contributed by atoms with van der Waals surface area (Å²) in [5.74, 6) is 2.07. The van der Waals surface area contributed by atoms with Crippen molar-refractivity contribution in [1.29, 1.82) is 0 Å². The predicted octanol–water partition coefficient (Wildman–Crippen LogP) is 1.19. The summed E-state index contributed by atoms with van der Waals surface area (Å²) in [5, 5.41) is 3.39. The van der Waals surface area contributed by atoms with Crippen LogP contribution in [-0.2, 0) is 20.9 Å². The van der Waals surface area contributed by atoms with E-state index in [1.54, 1.807) is 24.3 Å². The van der Waals surface area contributed by atoms with Gasteiger partial charge < -0.3 is 15.5 Å². The number of carbonyl (C=O) groups is 2. The number of esters is 1. The Kier molecular flexibility index (Phi) is 4.87. The van der Waals surface area contributed by atoms with Crippen molar-refractivity contribution in [2.45, 2.75) is 25.2 Å². The van der Waals surface area contributed by atoms with Crippen molar-refractivity contribution >= 4 is 18.1 Å². The molecule has 0 aliphatic carbocycles. The largest absolute Gasteiger partial charge is 0.490 e. The van der Waals surface area contributed by atoms with Gasteiger partial charge in [-0.3, -0.25) is 4.79 Å². The first-order valence-corrected chi connectivity index (χ1v) is 6.70. The van der Waals surface area contributed by atoms with E-state index in [0.717, 1.165) is 11.1 Å². The molecule has 0 saturated carbocycles. The van der Waals surface area contributed by atoms with Gasteiger partial charge in [-0.15, -0.1) is 0 Å². The number of ether oxygens (including phenoxy) is 1. The van der Waals surface area contributed by atoms with Gasteiger partial charge in [0.25, 0.3) is 5.91 Å². The van der Waals surface area contributed by atoms with Gasteiger partial charge in [-0.2, -0.15) is 18.3 Å². The van der Waals surface area contributed by atoms with Crippen LogP contribution in [0.2, 0.25) is 0 Å². The molecule has 1 heterocycles. The number of alkyl halides is 3. The van der Waals surface area contributed by atoms with Crippen LogP contribution >= 0.6 is 0 Å². The average Bonchev–Trinajstić information content (AvgIpc) is 2.80. The zero-order valence-electron chi connectivity index (χ0n) is 11.9. The molecule has 1 fully saturated rings. The molecular weight excluding hydrogens is 315 g/mol. The minimum Gasteiger partial charge on any atom is -0.446 e. The van der Waals surface area contributed by atoms with E-state index in [9.17, 15) is 22.8 Å². The first kappa shape index (κ1) is 16.8. The fourth-order valence-corrected chi connectivity index (χ4v) is 2.25. The van der Waals surface area contributed by atoms with Gasteiger partial charge in [-0.1, -0.05) is 18.2 Å². The van der Waals surface area contributed by atoms with Crippen LogP contribution in [-0.4, -0.2) is 41.8 Å². The number of amides is 1. The van der Waals surface area contributed by atoms with Crippen molar-refractivity contribution in [3.8, 4) is 0 Å². The normalized spacial score (nSPS) is 18.7. The minimum atomic E-state index is -5.11. The number of benzene rings is 1. The molecule has 2 N–H and O–H groups in total. The second-order valence-electron chi connectivity index (χ2n) is 4.96. The molecule has 23 heavy (non-hydrogen) atoms. The van der Waals surface area contributed by atoms with Gasteiger partial charge in [0.05, 0.1) is 6.21 Å². The first-order chi connectivity index (χ1) is 10.8. The van der Waals surface area contributed by atoms with Crippen molar-refractivity contribution in [2.24, 2.45) is 10.9 Å². The van der Waals surface area contributed by atoms with E-state index < -0.39 is 24.2 Å². The molecule has 1 aromatic rings. The highest BCUT2D eigenvalue weighted by Gasteiger charge is 2.45. The molecule has 1 atom stereocenters. The molecule has 0 spiro atoms. The van der Waals surface area contributed by atoms with E-state index in [2.05, 4.69) is 9.84 Å². The van der Waals surface area contributed by atoms with E-state index in [4.69, 9.17) is 5.84 Å². The second kappa shape index (κ2) is 6.67. The highest BCUT2D eigenvalue weighted by Crippen LogP contribution is 2.23. The van der Waals surface area contributed by atoms with Gasteiger partial charge in [0.1, 0.15) is 0 Å². The van der Waals surface area contributed by atoms with Crippen molar-refractivity contribution in [3.63, 3.8) is 0 Å². The number of hydrogen-bond acceptors (Lipinski definition) is 5. The van der Waals surface area contributed by atoms with Crippen LogP contribution in [0.1, 0.15) is 17.5 Å². The maximum Gasteiger partial charge on any atom is 0.490 e. The lowest BCUT2D eigenvalue weighted by Crippen LogP contribution is -2.35. The molecule has 9 heteroatoms. The highest BCUT2D eigenvalue weighted by molar-refractivity contribution is 5.86. The van der Waals surface area contributed by atoms with E-state index >= 15 is 0 Å². The number of rotatable bonds is 4. The van der Waals surface area contributed by atoms with Crippen LogP contribution < -0.4 is 5.84 Å². The van der Waals surface area contributed by atoms with E-state index in [1.165, 1.54) is 11.1 Å². The zero-order valence-corrected chi connectivity index (χ0v) is 11.9. The van der Waals surface area contributed by atoms with Crippen LogP contribution in [0.4, 0.5) is 13.2 Å². The molecule has 1 aliphatic heterocycles. The van der Waals surface area contributed by atoms with Gasteiger partial charge >= 0.3 is 12.1 Å². The molecule has 1 amide bonds. The fraction of sp³-hybridized carbons (Fsp3) is 0.357. The van der Waals surface area contributed by atoms with E-state index in [0.29, 0.717) is 0 Å². The molecule has 1 aliphatic rings. The molecule has 1 saturated heterocycles. The first-order valence-electron chi connectivity index (χ1n) is 6.70. The second-order valence-corrected chi connectivity index (χ2v) is 4.96. The number of halogens is 3. The third kappa shape index (κ3) is 4.21. The molecule has 1 aromatic carbocycles. The summed E-state index contributed by atoms with van der Waals surface area (Å²) >= 11 is 0. The summed E-state index contributed by atoms with van der Waals surface area (Å²) in [6.45, 7) is 0.412. The Morgan fingerprint density at radius 1 is 1.48 bits per heavy atom. The smallest absolute Gasteiger partial charge is 0.446 e. The van der Waals surface area contributed by atoms with Crippen molar-refractivity contribution in [2.75, 3.05) is 6.54 Å². The van der Waals surface area contributed by atoms with Crippen LogP contribution in [0.5, 0.6) is 0 Å². The Labute approximate surface area is 129 Å². The summed E-state index contributed by atoms with van der Waals surface area (Å²) in [7, 11) is 0.